The van der Waals surface area contributed by atoms with E-state index in [4.69, 9.17) is 19.0 Å². The third kappa shape index (κ3) is 4.72. The van der Waals surface area contributed by atoms with Crippen LogP contribution in [0.15, 0.2) is 17.3 Å². The van der Waals surface area contributed by atoms with E-state index in [1.165, 1.54) is 18.4 Å². The van der Waals surface area contributed by atoms with Crippen molar-refractivity contribution in [2.24, 2.45) is 5.16 Å². The maximum Gasteiger partial charge on any atom is 0.263 e. The summed E-state index contributed by atoms with van der Waals surface area (Å²) >= 11 is 0. The van der Waals surface area contributed by atoms with E-state index in [9.17, 15) is 4.79 Å². The summed E-state index contributed by atoms with van der Waals surface area (Å²) in [6.07, 6.45) is 6.61. The number of hydrogen-bond donors (Lipinski definition) is 0. The maximum absolute atomic E-state index is 12.5. The smallest absolute Gasteiger partial charge is 0.263 e. The van der Waals surface area contributed by atoms with Gasteiger partial charge in [0.05, 0.1) is 31.1 Å². The van der Waals surface area contributed by atoms with E-state index < -0.39 is 0 Å². The van der Waals surface area contributed by atoms with Crippen LogP contribution in [0.5, 0.6) is 11.5 Å². The highest BCUT2D eigenvalue weighted by atomic mass is 16.6. The molecule has 30 heavy (non-hydrogen) atoms. The van der Waals surface area contributed by atoms with E-state index in [1.54, 1.807) is 12.0 Å². The monoisotopic (exact) mass is 416 g/mol. The van der Waals surface area contributed by atoms with Crippen LogP contribution < -0.4 is 9.47 Å². The van der Waals surface area contributed by atoms with Gasteiger partial charge in [0.2, 0.25) is 0 Å². The second-order valence-corrected chi connectivity index (χ2v) is 8.55. The maximum atomic E-state index is 12.5. The second-order valence-electron chi connectivity index (χ2n) is 8.55. The van der Waals surface area contributed by atoms with Crippen molar-refractivity contribution in [3.63, 3.8) is 0 Å². The standard InChI is InChI=1S/C23H32N2O5/c1-15-12-25(13-16(2)29-15)23(26)14-28-24-20-9-8-17-10-21(27-3)22(11-19(17)20)30-18-6-4-5-7-18/h10-11,15-16,18H,4-9,12-14H2,1-3H3/b24-20+. The molecule has 1 heterocycles. The van der Waals surface area contributed by atoms with Crippen LogP contribution in [0, 0.1) is 0 Å². The minimum Gasteiger partial charge on any atom is -0.493 e. The van der Waals surface area contributed by atoms with Crippen LogP contribution >= 0.6 is 0 Å². The van der Waals surface area contributed by atoms with E-state index in [2.05, 4.69) is 5.16 Å². The van der Waals surface area contributed by atoms with Gasteiger partial charge in [-0.3, -0.25) is 4.79 Å². The molecule has 3 aliphatic rings. The van der Waals surface area contributed by atoms with Crippen molar-refractivity contribution in [1.29, 1.82) is 0 Å². The quantitative estimate of drug-likeness (QED) is 0.666. The van der Waals surface area contributed by atoms with Gasteiger partial charge < -0.3 is 23.9 Å². The Morgan fingerprint density at radius 1 is 1.13 bits per heavy atom. The molecule has 7 nitrogen and oxygen atoms in total. The van der Waals surface area contributed by atoms with Crippen LogP contribution in [0.2, 0.25) is 0 Å². The van der Waals surface area contributed by atoms with E-state index >= 15 is 0 Å². The molecule has 2 aliphatic carbocycles. The number of hydrogen-bond acceptors (Lipinski definition) is 6. The van der Waals surface area contributed by atoms with Gasteiger partial charge in [-0.05, 0) is 70.1 Å². The Balaban J connectivity index is 1.41. The van der Waals surface area contributed by atoms with Crippen LogP contribution in [-0.2, 0) is 20.8 Å². The van der Waals surface area contributed by atoms with E-state index in [1.807, 2.05) is 26.0 Å². The summed E-state index contributed by atoms with van der Waals surface area (Å²) in [6, 6.07) is 4.07. The fourth-order valence-corrected chi connectivity index (χ4v) is 4.64. The van der Waals surface area contributed by atoms with Gasteiger partial charge in [-0.1, -0.05) is 5.16 Å². The zero-order valence-electron chi connectivity index (χ0n) is 18.2. The molecule has 164 valence electrons. The number of aryl methyl sites for hydroxylation is 1. The molecule has 1 saturated heterocycles. The lowest BCUT2D eigenvalue weighted by molar-refractivity contribution is -0.147. The predicted molar refractivity (Wildman–Crippen MR) is 113 cm³/mol. The number of fused-ring (bicyclic) bond motifs is 1. The van der Waals surface area contributed by atoms with Crippen molar-refractivity contribution in [3.8, 4) is 11.5 Å². The number of carbonyl (C=O) groups is 1. The number of morpholine rings is 1. The summed E-state index contributed by atoms with van der Waals surface area (Å²) < 4.78 is 17.5. The van der Waals surface area contributed by atoms with Gasteiger partial charge in [0, 0.05) is 18.7 Å². The third-order valence-electron chi connectivity index (χ3n) is 6.06. The van der Waals surface area contributed by atoms with Crippen LogP contribution in [-0.4, -0.2) is 61.6 Å². The molecule has 1 aromatic carbocycles. The zero-order chi connectivity index (χ0) is 21.1. The Bertz CT molecular complexity index is 793. The summed E-state index contributed by atoms with van der Waals surface area (Å²) in [7, 11) is 1.68. The molecule has 0 aromatic heterocycles. The SMILES string of the molecule is COc1cc2c(cc1OC1CCCC1)/C(=N/OCC(=O)N1CC(C)OC(C)C1)CC2. The van der Waals surface area contributed by atoms with E-state index in [-0.39, 0.29) is 30.8 Å². The normalized spacial score (nSPS) is 25.4. The highest BCUT2D eigenvalue weighted by molar-refractivity contribution is 6.04. The number of benzene rings is 1. The highest BCUT2D eigenvalue weighted by Crippen LogP contribution is 2.37. The number of rotatable bonds is 6. The first-order valence-corrected chi connectivity index (χ1v) is 11.0. The molecule has 0 radical (unpaired) electrons. The summed E-state index contributed by atoms with van der Waals surface area (Å²) in [4.78, 5) is 19.7. The lowest BCUT2D eigenvalue weighted by Gasteiger charge is -2.35. The molecule has 4 rings (SSSR count). The molecule has 2 fully saturated rings. The average Bonchev–Trinajstić information content (AvgIpc) is 3.36. The van der Waals surface area contributed by atoms with Crippen LogP contribution in [0.4, 0.5) is 0 Å². The largest absolute Gasteiger partial charge is 0.493 e. The van der Waals surface area contributed by atoms with Gasteiger partial charge in [-0.2, -0.15) is 0 Å². The van der Waals surface area contributed by atoms with Crippen LogP contribution in [0.1, 0.15) is 57.1 Å². The molecule has 0 spiro atoms. The lowest BCUT2D eigenvalue weighted by Crippen LogP contribution is -2.49. The minimum absolute atomic E-state index is 0.0407. The number of ether oxygens (including phenoxy) is 3. The third-order valence-corrected chi connectivity index (χ3v) is 6.06. The van der Waals surface area contributed by atoms with Gasteiger partial charge in [0.1, 0.15) is 0 Å². The molecule has 0 bridgehead atoms. The fraction of sp³-hybridized carbons (Fsp3) is 0.652. The Labute approximate surface area is 178 Å². The molecule has 1 aromatic rings. The number of carbonyl (C=O) groups excluding carboxylic acids is 1. The van der Waals surface area contributed by atoms with Crippen molar-refractivity contribution >= 4 is 11.6 Å². The lowest BCUT2D eigenvalue weighted by atomic mass is 10.1. The van der Waals surface area contributed by atoms with Crippen molar-refractivity contribution in [1.82, 2.24) is 4.90 Å². The van der Waals surface area contributed by atoms with Gasteiger partial charge in [0.25, 0.3) is 5.91 Å². The van der Waals surface area contributed by atoms with Gasteiger partial charge in [0.15, 0.2) is 18.1 Å². The summed E-state index contributed by atoms with van der Waals surface area (Å²) in [5.41, 5.74) is 3.07. The summed E-state index contributed by atoms with van der Waals surface area (Å²) in [5, 5.41) is 4.31. The molecule has 0 N–H and O–H groups in total. The Hall–Kier alpha value is -2.28. The van der Waals surface area contributed by atoms with Gasteiger partial charge in [-0.25, -0.2) is 0 Å². The topological polar surface area (TPSA) is 69.6 Å². The first-order valence-electron chi connectivity index (χ1n) is 11.0. The van der Waals surface area contributed by atoms with Crippen molar-refractivity contribution < 1.29 is 23.8 Å². The zero-order valence-corrected chi connectivity index (χ0v) is 18.2. The molecular formula is C23H32N2O5. The molecule has 1 aliphatic heterocycles. The first kappa shape index (κ1) is 21.0. The van der Waals surface area contributed by atoms with Gasteiger partial charge >= 0.3 is 0 Å². The van der Waals surface area contributed by atoms with Crippen LogP contribution in [0.25, 0.3) is 0 Å². The number of methoxy groups -OCH3 is 1. The molecule has 7 heteroatoms. The van der Waals surface area contributed by atoms with Crippen molar-refractivity contribution in [2.75, 3.05) is 26.8 Å². The Kier molecular flexibility index (Phi) is 6.46. The van der Waals surface area contributed by atoms with E-state index in [0.717, 1.165) is 48.5 Å². The Morgan fingerprint density at radius 2 is 1.87 bits per heavy atom. The number of amides is 1. The van der Waals surface area contributed by atoms with Crippen LogP contribution in [0.3, 0.4) is 0 Å². The molecule has 1 amide bonds. The molecule has 1 saturated carbocycles. The highest BCUT2D eigenvalue weighted by Gasteiger charge is 2.27. The predicted octanol–water partition coefficient (Wildman–Crippen LogP) is 3.32. The van der Waals surface area contributed by atoms with Crippen molar-refractivity contribution in [3.05, 3.63) is 23.3 Å². The Morgan fingerprint density at radius 3 is 2.57 bits per heavy atom. The minimum atomic E-state index is -0.0560. The molecule has 2 unspecified atom stereocenters. The van der Waals surface area contributed by atoms with E-state index in [0.29, 0.717) is 13.1 Å². The summed E-state index contributed by atoms with van der Waals surface area (Å²) in [5.74, 6) is 1.48. The van der Waals surface area contributed by atoms with Gasteiger partial charge in [-0.15, -0.1) is 0 Å². The summed E-state index contributed by atoms with van der Waals surface area (Å²) in [6.45, 7) is 5.08. The number of nitrogens with zero attached hydrogens (tertiary/aromatic N) is 2. The average molecular weight is 417 g/mol. The fourth-order valence-electron chi connectivity index (χ4n) is 4.64. The first-order chi connectivity index (χ1) is 14.5. The molecular weight excluding hydrogens is 384 g/mol. The second kappa shape index (κ2) is 9.25. The van der Waals surface area contributed by atoms with Crippen molar-refractivity contribution in [2.45, 2.75) is 70.7 Å². The number of oxime groups is 1. The molecule has 2 atom stereocenters.